The van der Waals surface area contributed by atoms with Crippen LogP contribution in [-0.4, -0.2) is 23.5 Å². The van der Waals surface area contributed by atoms with Crippen LogP contribution in [0.2, 0.25) is 0 Å². The SMILES string of the molecule is O=C([C@@H](NC1CCC1)c1ccccc1)N(CCc1ccc(C(F)(F)F)nc1)c1ccc2c(c1)CCCC2. The van der Waals surface area contributed by atoms with E-state index in [0.29, 0.717) is 24.6 Å². The van der Waals surface area contributed by atoms with Crippen LogP contribution in [0.1, 0.15) is 66.1 Å². The molecule has 1 saturated carbocycles. The lowest BCUT2D eigenvalue weighted by molar-refractivity contribution is -0.141. The van der Waals surface area contributed by atoms with Crippen LogP contribution in [0.25, 0.3) is 0 Å². The number of anilines is 1. The van der Waals surface area contributed by atoms with E-state index < -0.39 is 17.9 Å². The number of hydrogen-bond acceptors (Lipinski definition) is 3. The summed E-state index contributed by atoms with van der Waals surface area (Å²) >= 11 is 0. The number of carbonyl (C=O) groups is 1. The lowest BCUT2D eigenvalue weighted by atomic mass is 9.90. The van der Waals surface area contributed by atoms with Crippen molar-refractivity contribution in [3.63, 3.8) is 0 Å². The number of amides is 1. The van der Waals surface area contributed by atoms with E-state index in [0.717, 1.165) is 55.8 Å². The van der Waals surface area contributed by atoms with Crippen molar-refractivity contribution in [2.24, 2.45) is 0 Å². The zero-order valence-corrected chi connectivity index (χ0v) is 20.8. The molecular formula is C30H32F3N3O. The van der Waals surface area contributed by atoms with Crippen molar-refractivity contribution in [2.45, 2.75) is 69.6 Å². The molecule has 0 radical (unpaired) electrons. The number of rotatable bonds is 8. The summed E-state index contributed by atoms with van der Waals surface area (Å²) in [5.74, 6) is -0.0475. The third kappa shape index (κ3) is 6.04. The van der Waals surface area contributed by atoms with Gasteiger partial charge in [0, 0.05) is 24.5 Å². The average molecular weight is 508 g/mol. The number of aromatic nitrogens is 1. The second kappa shape index (κ2) is 11.1. The van der Waals surface area contributed by atoms with Gasteiger partial charge in [-0.15, -0.1) is 0 Å². The van der Waals surface area contributed by atoms with Crippen molar-refractivity contribution < 1.29 is 18.0 Å². The number of benzene rings is 2. The van der Waals surface area contributed by atoms with E-state index >= 15 is 0 Å². The van der Waals surface area contributed by atoms with Gasteiger partial charge in [0.2, 0.25) is 5.91 Å². The molecule has 37 heavy (non-hydrogen) atoms. The highest BCUT2D eigenvalue weighted by Gasteiger charge is 2.33. The number of aryl methyl sites for hydroxylation is 2. The molecule has 0 saturated heterocycles. The van der Waals surface area contributed by atoms with Crippen molar-refractivity contribution >= 4 is 11.6 Å². The Labute approximate surface area is 215 Å². The summed E-state index contributed by atoms with van der Waals surface area (Å²) in [4.78, 5) is 19.6. The molecule has 0 bridgehead atoms. The fourth-order valence-electron chi connectivity index (χ4n) is 5.16. The van der Waals surface area contributed by atoms with Crippen LogP contribution in [0.15, 0.2) is 66.9 Å². The third-order valence-electron chi connectivity index (χ3n) is 7.54. The smallest absolute Gasteiger partial charge is 0.310 e. The van der Waals surface area contributed by atoms with Crippen LogP contribution in [0.3, 0.4) is 0 Å². The quantitative estimate of drug-likeness (QED) is 0.382. The highest BCUT2D eigenvalue weighted by atomic mass is 19.4. The van der Waals surface area contributed by atoms with Gasteiger partial charge in [0.25, 0.3) is 0 Å². The predicted molar refractivity (Wildman–Crippen MR) is 138 cm³/mol. The number of pyridine rings is 1. The molecule has 0 spiro atoms. The van der Waals surface area contributed by atoms with Crippen LogP contribution in [0.5, 0.6) is 0 Å². The van der Waals surface area contributed by atoms with E-state index in [-0.39, 0.29) is 5.91 Å². The summed E-state index contributed by atoms with van der Waals surface area (Å²) < 4.78 is 38.9. The maximum atomic E-state index is 14.2. The van der Waals surface area contributed by atoms with E-state index in [9.17, 15) is 18.0 Å². The second-order valence-corrected chi connectivity index (χ2v) is 10.1. The molecule has 7 heteroatoms. The Morgan fingerprint density at radius 3 is 2.38 bits per heavy atom. The maximum Gasteiger partial charge on any atom is 0.433 e. The standard InChI is InChI=1S/C30H32F3N3O/c31-30(32,33)27-16-13-21(20-34-27)17-18-36(26-15-14-22-7-4-5-10-24(22)19-26)29(37)28(35-25-11-6-12-25)23-8-2-1-3-9-23/h1-3,8-9,13-16,19-20,25,28,35H,4-7,10-12,17-18H2/t28-/m0/s1. The first-order valence-electron chi connectivity index (χ1n) is 13.1. The van der Waals surface area contributed by atoms with Crippen molar-refractivity contribution in [3.05, 3.63) is 94.8 Å². The molecule has 0 aliphatic heterocycles. The van der Waals surface area contributed by atoms with Crippen LogP contribution < -0.4 is 10.2 Å². The first kappa shape index (κ1) is 25.5. The molecule has 2 aromatic carbocycles. The summed E-state index contributed by atoms with van der Waals surface area (Å²) in [6.45, 7) is 0.348. The molecule has 0 unspecified atom stereocenters. The number of nitrogens with one attached hydrogen (secondary N) is 1. The Kier molecular flexibility index (Phi) is 7.60. The largest absolute Gasteiger partial charge is 0.433 e. The van der Waals surface area contributed by atoms with Gasteiger partial charge in [0.1, 0.15) is 11.7 Å². The Morgan fingerprint density at radius 2 is 1.73 bits per heavy atom. The summed E-state index contributed by atoms with van der Waals surface area (Å²) in [6.07, 6.45) is 4.81. The van der Waals surface area contributed by atoms with Gasteiger partial charge in [-0.2, -0.15) is 13.2 Å². The number of carbonyl (C=O) groups excluding carboxylic acids is 1. The number of halogens is 3. The molecule has 1 N–H and O–H groups in total. The summed E-state index contributed by atoms with van der Waals surface area (Å²) in [6, 6.07) is 18.3. The highest BCUT2D eigenvalue weighted by Crippen LogP contribution is 2.31. The minimum absolute atomic E-state index is 0.0475. The first-order chi connectivity index (χ1) is 17.9. The number of nitrogens with zero attached hydrogens (tertiary/aromatic N) is 2. The highest BCUT2D eigenvalue weighted by molar-refractivity contribution is 5.98. The van der Waals surface area contributed by atoms with E-state index in [1.54, 1.807) is 4.90 Å². The number of alkyl halides is 3. The third-order valence-corrected chi connectivity index (χ3v) is 7.54. The van der Waals surface area contributed by atoms with Gasteiger partial charge < -0.3 is 4.90 Å². The van der Waals surface area contributed by atoms with Crippen LogP contribution >= 0.6 is 0 Å². The molecule has 194 valence electrons. The Morgan fingerprint density at radius 1 is 0.973 bits per heavy atom. The number of fused-ring (bicyclic) bond motifs is 1. The monoisotopic (exact) mass is 507 g/mol. The van der Waals surface area contributed by atoms with Crippen LogP contribution in [-0.2, 0) is 30.2 Å². The van der Waals surface area contributed by atoms with Gasteiger partial charge >= 0.3 is 6.18 Å². The van der Waals surface area contributed by atoms with E-state index in [1.807, 2.05) is 36.4 Å². The summed E-state index contributed by atoms with van der Waals surface area (Å²) in [5.41, 5.74) is 4.11. The maximum absolute atomic E-state index is 14.2. The van der Waals surface area contributed by atoms with Crippen LogP contribution in [0.4, 0.5) is 18.9 Å². The molecule has 3 aromatic rings. The average Bonchev–Trinajstić information content (AvgIpc) is 2.88. The van der Waals surface area contributed by atoms with Crippen molar-refractivity contribution in [1.82, 2.24) is 10.3 Å². The molecule has 4 nitrogen and oxygen atoms in total. The fraction of sp³-hybridized carbons (Fsp3) is 0.400. The van der Waals surface area contributed by atoms with Gasteiger partial charge in [-0.1, -0.05) is 48.9 Å². The molecule has 1 amide bonds. The Balaban J connectivity index is 1.44. The van der Waals surface area contributed by atoms with Crippen molar-refractivity contribution in [1.29, 1.82) is 0 Å². The molecule has 1 heterocycles. The fourth-order valence-corrected chi connectivity index (χ4v) is 5.16. The molecule has 2 aliphatic carbocycles. The van der Waals surface area contributed by atoms with E-state index in [2.05, 4.69) is 22.4 Å². The second-order valence-electron chi connectivity index (χ2n) is 10.1. The molecule has 1 atom stereocenters. The van der Waals surface area contributed by atoms with Gasteiger partial charge in [-0.25, -0.2) is 0 Å². The van der Waals surface area contributed by atoms with E-state index in [1.165, 1.54) is 29.8 Å². The summed E-state index contributed by atoms with van der Waals surface area (Å²) in [7, 11) is 0. The van der Waals surface area contributed by atoms with E-state index in [4.69, 9.17) is 0 Å². The van der Waals surface area contributed by atoms with Gasteiger partial charge in [0.15, 0.2) is 0 Å². The topological polar surface area (TPSA) is 45.2 Å². The van der Waals surface area contributed by atoms with Crippen LogP contribution in [0, 0.1) is 0 Å². The lowest BCUT2D eigenvalue weighted by Crippen LogP contribution is -2.47. The van der Waals surface area contributed by atoms with Gasteiger partial charge in [-0.05, 0) is 85.4 Å². The Hall–Kier alpha value is -3.19. The van der Waals surface area contributed by atoms with Crippen molar-refractivity contribution in [2.75, 3.05) is 11.4 Å². The molecule has 2 aliphatic rings. The number of hydrogen-bond donors (Lipinski definition) is 1. The van der Waals surface area contributed by atoms with Gasteiger partial charge in [-0.3, -0.25) is 15.1 Å². The van der Waals surface area contributed by atoms with Gasteiger partial charge in [0.05, 0.1) is 0 Å². The Bertz CT molecular complexity index is 1210. The molecular weight excluding hydrogens is 475 g/mol. The zero-order chi connectivity index (χ0) is 25.8. The zero-order valence-electron chi connectivity index (χ0n) is 20.8. The van der Waals surface area contributed by atoms with Crippen molar-refractivity contribution in [3.8, 4) is 0 Å². The first-order valence-corrected chi connectivity index (χ1v) is 13.1. The summed E-state index contributed by atoms with van der Waals surface area (Å²) in [5, 5.41) is 3.58. The minimum Gasteiger partial charge on any atom is -0.310 e. The lowest BCUT2D eigenvalue weighted by Gasteiger charge is -2.34. The minimum atomic E-state index is -4.47. The molecule has 1 aromatic heterocycles. The normalized spacial score (nSPS) is 16.5. The predicted octanol–water partition coefficient (Wildman–Crippen LogP) is 6.44. The molecule has 1 fully saturated rings. The molecule has 5 rings (SSSR count).